The minimum Gasteiger partial charge on any atom is -0.481 e. The van der Waals surface area contributed by atoms with E-state index < -0.39 is 9.84 Å². The van der Waals surface area contributed by atoms with Gasteiger partial charge in [-0.15, -0.1) is 0 Å². The summed E-state index contributed by atoms with van der Waals surface area (Å²) in [7, 11) is -1.35. The molecule has 0 aliphatic heterocycles. The van der Waals surface area contributed by atoms with Gasteiger partial charge < -0.3 is 10.1 Å². The minimum absolute atomic E-state index is 0.135. The number of hydrogen-bond donors (Lipinski definition) is 1. The Labute approximate surface area is 95.8 Å². The number of ether oxygens (including phenoxy) is 1. The predicted octanol–water partition coefficient (Wildman–Crippen LogP) is 0.224. The lowest BCUT2D eigenvalue weighted by atomic mass is 10.2. The number of methoxy groups -OCH3 is 1. The largest absolute Gasteiger partial charge is 0.481 e. The molecule has 0 unspecified atom stereocenters. The average molecular weight is 244 g/mol. The maximum Gasteiger partial charge on any atom is 0.217 e. The van der Waals surface area contributed by atoms with E-state index in [9.17, 15) is 8.42 Å². The van der Waals surface area contributed by atoms with Crippen LogP contribution in [-0.4, -0.2) is 39.1 Å². The first-order valence-corrected chi connectivity index (χ1v) is 6.95. The molecule has 0 bridgehead atoms. The van der Waals surface area contributed by atoms with Crippen molar-refractivity contribution in [2.24, 2.45) is 0 Å². The molecule has 6 heteroatoms. The van der Waals surface area contributed by atoms with Gasteiger partial charge in [0.25, 0.3) is 0 Å². The number of nitrogens with one attached hydrogen (secondary N) is 1. The molecule has 90 valence electrons. The number of hydrogen-bond acceptors (Lipinski definition) is 5. The van der Waals surface area contributed by atoms with Gasteiger partial charge >= 0.3 is 0 Å². The second-order valence-corrected chi connectivity index (χ2v) is 5.74. The van der Waals surface area contributed by atoms with Gasteiger partial charge in [0.1, 0.15) is 9.84 Å². The van der Waals surface area contributed by atoms with Gasteiger partial charge in [-0.25, -0.2) is 13.4 Å². The van der Waals surface area contributed by atoms with Crippen LogP contribution in [0.4, 0.5) is 0 Å². The molecule has 0 saturated heterocycles. The van der Waals surface area contributed by atoms with Gasteiger partial charge in [-0.05, 0) is 6.07 Å². The summed E-state index contributed by atoms with van der Waals surface area (Å²) in [6, 6.07) is 3.70. The third kappa shape index (κ3) is 4.59. The fourth-order valence-electron chi connectivity index (χ4n) is 1.22. The summed E-state index contributed by atoms with van der Waals surface area (Å²) in [6.07, 6.45) is 2.87. The Morgan fingerprint density at radius 1 is 1.50 bits per heavy atom. The molecule has 0 atom stereocenters. The van der Waals surface area contributed by atoms with Crippen LogP contribution in [0.25, 0.3) is 0 Å². The van der Waals surface area contributed by atoms with E-state index in [0.29, 0.717) is 19.0 Å². The SMILES string of the molecule is COc1ncccc1CNCCS(C)(=O)=O. The Bertz CT molecular complexity index is 431. The highest BCUT2D eigenvalue weighted by Crippen LogP contribution is 2.12. The number of sulfone groups is 1. The van der Waals surface area contributed by atoms with Crippen molar-refractivity contribution in [3.8, 4) is 5.88 Å². The molecule has 0 radical (unpaired) electrons. The third-order valence-electron chi connectivity index (χ3n) is 2.01. The Hall–Kier alpha value is -1.14. The molecular weight excluding hydrogens is 228 g/mol. The maximum absolute atomic E-state index is 10.9. The Morgan fingerprint density at radius 3 is 2.88 bits per heavy atom. The van der Waals surface area contributed by atoms with E-state index in [-0.39, 0.29) is 5.75 Å². The molecule has 16 heavy (non-hydrogen) atoms. The van der Waals surface area contributed by atoms with Gasteiger partial charge in [-0.2, -0.15) is 0 Å². The molecule has 1 rings (SSSR count). The summed E-state index contributed by atoms with van der Waals surface area (Å²) < 4.78 is 26.9. The highest BCUT2D eigenvalue weighted by atomic mass is 32.2. The lowest BCUT2D eigenvalue weighted by Crippen LogP contribution is -2.22. The first-order valence-electron chi connectivity index (χ1n) is 4.89. The number of nitrogens with zero attached hydrogens (tertiary/aromatic N) is 1. The average Bonchev–Trinajstić information content (AvgIpc) is 2.23. The maximum atomic E-state index is 10.9. The molecule has 1 N–H and O–H groups in total. The van der Waals surface area contributed by atoms with Crippen LogP contribution in [0.5, 0.6) is 5.88 Å². The summed E-state index contributed by atoms with van der Waals surface area (Å²) >= 11 is 0. The number of pyridine rings is 1. The van der Waals surface area contributed by atoms with Crippen LogP contribution in [0, 0.1) is 0 Å². The van der Waals surface area contributed by atoms with Crippen molar-refractivity contribution >= 4 is 9.84 Å². The van der Waals surface area contributed by atoms with Gasteiger partial charge in [0.2, 0.25) is 5.88 Å². The zero-order valence-corrected chi connectivity index (χ0v) is 10.3. The van der Waals surface area contributed by atoms with Crippen LogP contribution in [0.3, 0.4) is 0 Å². The highest BCUT2D eigenvalue weighted by Gasteiger charge is 2.04. The van der Waals surface area contributed by atoms with Crippen molar-refractivity contribution in [3.63, 3.8) is 0 Å². The van der Waals surface area contributed by atoms with Crippen molar-refractivity contribution in [3.05, 3.63) is 23.9 Å². The fraction of sp³-hybridized carbons (Fsp3) is 0.500. The molecule has 1 heterocycles. The van der Waals surface area contributed by atoms with Gasteiger partial charge in [0.15, 0.2) is 0 Å². The Morgan fingerprint density at radius 2 is 2.25 bits per heavy atom. The van der Waals surface area contributed by atoms with E-state index in [4.69, 9.17) is 4.74 Å². The first-order chi connectivity index (χ1) is 7.53. The van der Waals surface area contributed by atoms with E-state index in [1.54, 1.807) is 13.3 Å². The Balaban J connectivity index is 2.43. The molecule has 0 aromatic carbocycles. The number of aromatic nitrogens is 1. The number of rotatable bonds is 6. The van der Waals surface area contributed by atoms with Crippen LogP contribution < -0.4 is 10.1 Å². The van der Waals surface area contributed by atoms with Crippen LogP contribution in [0.1, 0.15) is 5.56 Å². The molecule has 0 fully saturated rings. The molecule has 0 spiro atoms. The van der Waals surface area contributed by atoms with Crippen LogP contribution in [-0.2, 0) is 16.4 Å². The minimum atomic E-state index is -2.90. The van der Waals surface area contributed by atoms with E-state index >= 15 is 0 Å². The topological polar surface area (TPSA) is 68.3 Å². The van der Waals surface area contributed by atoms with Crippen LogP contribution in [0.2, 0.25) is 0 Å². The zero-order valence-electron chi connectivity index (χ0n) is 9.43. The quantitative estimate of drug-likeness (QED) is 0.725. The van der Waals surface area contributed by atoms with E-state index in [1.165, 1.54) is 6.26 Å². The van der Waals surface area contributed by atoms with Crippen LogP contribution in [0.15, 0.2) is 18.3 Å². The smallest absolute Gasteiger partial charge is 0.217 e. The summed E-state index contributed by atoms with van der Waals surface area (Å²) in [5.41, 5.74) is 0.915. The van der Waals surface area contributed by atoms with Gasteiger partial charge in [0, 0.05) is 31.1 Å². The van der Waals surface area contributed by atoms with Crippen molar-refractivity contribution in [1.82, 2.24) is 10.3 Å². The highest BCUT2D eigenvalue weighted by molar-refractivity contribution is 7.90. The second kappa shape index (κ2) is 5.81. The molecule has 0 saturated carbocycles. The third-order valence-corrected chi connectivity index (χ3v) is 2.95. The zero-order chi connectivity index (χ0) is 12.0. The molecule has 0 aliphatic carbocycles. The van der Waals surface area contributed by atoms with Gasteiger partial charge in [0.05, 0.1) is 12.9 Å². The van der Waals surface area contributed by atoms with Crippen LogP contribution >= 0.6 is 0 Å². The van der Waals surface area contributed by atoms with E-state index in [1.807, 2.05) is 12.1 Å². The molecule has 5 nitrogen and oxygen atoms in total. The van der Waals surface area contributed by atoms with E-state index in [2.05, 4.69) is 10.3 Å². The lowest BCUT2D eigenvalue weighted by molar-refractivity contribution is 0.391. The molecular formula is C10H16N2O3S. The van der Waals surface area contributed by atoms with E-state index in [0.717, 1.165) is 5.56 Å². The Kier molecular flexibility index (Phi) is 4.70. The fourth-order valence-corrected chi connectivity index (χ4v) is 1.74. The van der Waals surface area contributed by atoms with Crippen molar-refractivity contribution in [2.45, 2.75) is 6.54 Å². The molecule has 0 amide bonds. The summed E-state index contributed by atoms with van der Waals surface area (Å²) in [4.78, 5) is 4.04. The van der Waals surface area contributed by atoms with Gasteiger partial charge in [-0.3, -0.25) is 0 Å². The summed E-state index contributed by atoms with van der Waals surface area (Å²) in [6.45, 7) is 0.976. The molecule has 0 aliphatic rings. The predicted molar refractivity (Wildman–Crippen MR) is 62.2 cm³/mol. The normalized spacial score (nSPS) is 11.4. The standard InChI is InChI=1S/C10H16N2O3S/c1-15-10-9(4-3-5-12-10)8-11-6-7-16(2,13)14/h3-5,11H,6-8H2,1-2H3. The lowest BCUT2D eigenvalue weighted by Gasteiger charge is -2.07. The molecule has 1 aromatic rings. The summed E-state index contributed by atoms with van der Waals surface area (Å²) in [5, 5.41) is 3.03. The van der Waals surface area contributed by atoms with Gasteiger partial charge in [-0.1, -0.05) is 6.07 Å². The summed E-state index contributed by atoms with van der Waals surface area (Å²) in [5.74, 6) is 0.699. The van der Waals surface area contributed by atoms with Crippen molar-refractivity contribution in [1.29, 1.82) is 0 Å². The van der Waals surface area contributed by atoms with Crippen molar-refractivity contribution in [2.75, 3.05) is 25.7 Å². The van der Waals surface area contributed by atoms with Crippen molar-refractivity contribution < 1.29 is 13.2 Å². The first kappa shape index (κ1) is 12.9. The molecule has 1 aromatic heterocycles. The monoisotopic (exact) mass is 244 g/mol. The second-order valence-electron chi connectivity index (χ2n) is 3.48.